The van der Waals surface area contributed by atoms with Crippen LogP contribution in [0.15, 0.2) is 0 Å². The van der Waals surface area contributed by atoms with Crippen molar-refractivity contribution >= 4 is 0 Å². The lowest BCUT2D eigenvalue weighted by molar-refractivity contribution is 0.309. The Hall–Kier alpha value is -0.590. The van der Waals surface area contributed by atoms with Crippen molar-refractivity contribution in [1.29, 1.82) is 5.26 Å². The van der Waals surface area contributed by atoms with E-state index in [4.69, 9.17) is 0 Å². The van der Waals surface area contributed by atoms with Gasteiger partial charge in [0.15, 0.2) is 0 Å². The molecule has 0 saturated heterocycles. The molecule has 0 bridgehead atoms. The highest BCUT2D eigenvalue weighted by molar-refractivity contribution is 5.03. The van der Waals surface area contributed by atoms with E-state index in [0.717, 1.165) is 32.4 Å². The molecule has 0 aliphatic rings. The second kappa shape index (κ2) is 10.3. The van der Waals surface area contributed by atoms with Crippen LogP contribution in [0.3, 0.4) is 0 Å². The summed E-state index contributed by atoms with van der Waals surface area (Å²) in [6, 6.07) is 2.41. The van der Waals surface area contributed by atoms with Crippen LogP contribution in [0, 0.1) is 11.3 Å². The molecule has 0 aromatic rings. The predicted molar refractivity (Wildman–Crippen MR) is 78.6 cm³/mol. The van der Waals surface area contributed by atoms with Crippen molar-refractivity contribution in [1.82, 2.24) is 10.2 Å². The Morgan fingerprint density at radius 3 is 2.33 bits per heavy atom. The number of nitriles is 1. The van der Waals surface area contributed by atoms with Crippen LogP contribution in [0.2, 0.25) is 0 Å². The Kier molecular flexibility index (Phi) is 10.0. The summed E-state index contributed by atoms with van der Waals surface area (Å²) in [5, 5.41) is 12.6. The molecule has 0 rings (SSSR count). The second-order valence-electron chi connectivity index (χ2n) is 5.48. The Morgan fingerprint density at radius 2 is 1.78 bits per heavy atom. The molecule has 0 saturated carbocycles. The van der Waals surface area contributed by atoms with Crippen LogP contribution in [0.4, 0.5) is 0 Å². The third-order valence-electron chi connectivity index (χ3n) is 3.37. The van der Waals surface area contributed by atoms with E-state index in [2.05, 4.69) is 37.2 Å². The fourth-order valence-electron chi connectivity index (χ4n) is 1.98. The van der Waals surface area contributed by atoms with Crippen molar-refractivity contribution in [2.45, 2.75) is 64.8 Å². The van der Waals surface area contributed by atoms with Gasteiger partial charge in [0, 0.05) is 0 Å². The van der Waals surface area contributed by atoms with Crippen LogP contribution in [0.1, 0.15) is 59.3 Å². The zero-order valence-corrected chi connectivity index (χ0v) is 12.8. The Bertz CT molecular complexity index is 234. The average molecular weight is 253 g/mol. The van der Waals surface area contributed by atoms with Crippen LogP contribution in [0.5, 0.6) is 0 Å². The third kappa shape index (κ3) is 8.49. The summed E-state index contributed by atoms with van der Waals surface area (Å²) in [4.78, 5) is 2.40. The van der Waals surface area contributed by atoms with Crippen LogP contribution in [-0.2, 0) is 0 Å². The zero-order valence-electron chi connectivity index (χ0n) is 12.8. The number of hydrogen-bond donors (Lipinski definition) is 1. The molecular weight excluding hydrogens is 222 g/mol. The minimum Gasteiger partial charge on any atom is -0.306 e. The van der Waals surface area contributed by atoms with E-state index in [0.29, 0.717) is 0 Å². The molecule has 0 aromatic heterocycles. The van der Waals surface area contributed by atoms with E-state index in [9.17, 15) is 5.26 Å². The molecule has 0 fully saturated rings. The van der Waals surface area contributed by atoms with Gasteiger partial charge in [-0.15, -0.1) is 0 Å². The Balaban J connectivity index is 3.71. The van der Waals surface area contributed by atoms with Crippen molar-refractivity contribution < 1.29 is 0 Å². The Labute approximate surface area is 114 Å². The maximum Gasteiger partial charge on any atom is 0.103 e. The summed E-state index contributed by atoms with van der Waals surface area (Å²) in [5.41, 5.74) is -0.335. The molecule has 18 heavy (non-hydrogen) atoms. The van der Waals surface area contributed by atoms with E-state index in [1.165, 1.54) is 25.8 Å². The van der Waals surface area contributed by atoms with E-state index in [-0.39, 0.29) is 5.54 Å². The summed E-state index contributed by atoms with van der Waals surface area (Å²) in [5.74, 6) is 0. The van der Waals surface area contributed by atoms with Crippen LogP contribution < -0.4 is 5.32 Å². The lowest BCUT2D eigenvalue weighted by Gasteiger charge is -2.23. The van der Waals surface area contributed by atoms with Crippen molar-refractivity contribution in [2.24, 2.45) is 0 Å². The molecule has 1 N–H and O–H groups in total. The molecule has 106 valence electrons. The summed E-state index contributed by atoms with van der Waals surface area (Å²) in [7, 11) is 2.19. The fourth-order valence-corrected chi connectivity index (χ4v) is 1.98. The highest BCUT2D eigenvalue weighted by Gasteiger charge is 2.21. The normalized spacial score (nSPS) is 14.4. The predicted octanol–water partition coefficient (Wildman–Crippen LogP) is 3.17. The Morgan fingerprint density at radius 1 is 1.11 bits per heavy atom. The van der Waals surface area contributed by atoms with Crippen LogP contribution in [-0.4, -0.2) is 37.1 Å². The van der Waals surface area contributed by atoms with Gasteiger partial charge in [0.05, 0.1) is 6.07 Å². The summed E-state index contributed by atoms with van der Waals surface area (Å²) < 4.78 is 0. The van der Waals surface area contributed by atoms with Crippen LogP contribution >= 0.6 is 0 Å². The standard InChI is InChI=1S/C15H31N3/c1-5-7-12-18(4)13-9-8-10-15(3,14-16)17-11-6-2/h17H,5-13H2,1-4H3. The largest absolute Gasteiger partial charge is 0.306 e. The second-order valence-corrected chi connectivity index (χ2v) is 5.48. The molecule has 1 unspecified atom stereocenters. The van der Waals surface area contributed by atoms with Gasteiger partial charge in [-0.25, -0.2) is 0 Å². The summed E-state index contributed by atoms with van der Waals surface area (Å²) >= 11 is 0. The van der Waals surface area contributed by atoms with Gasteiger partial charge in [0.1, 0.15) is 5.54 Å². The molecule has 0 amide bonds. The van der Waals surface area contributed by atoms with E-state index in [1.807, 2.05) is 6.92 Å². The van der Waals surface area contributed by atoms with Crippen molar-refractivity contribution in [2.75, 3.05) is 26.7 Å². The van der Waals surface area contributed by atoms with Gasteiger partial charge in [0.2, 0.25) is 0 Å². The number of hydrogen-bond acceptors (Lipinski definition) is 3. The monoisotopic (exact) mass is 253 g/mol. The molecule has 0 radical (unpaired) electrons. The summed E-state index contributed by atoms with van der Waals surface area (Å²) in [6.45, 7) is 9.65. The average Bonchev–Trinajstić information content (AvgIpc) is 2.39. The first-order valence-electron chi connectivity index (χ1n) is 7.42. The summed E-state index contributed by atoms with van der Waals surface area (Å²) in [6.07, 6.45) is 6.88. The van der Waals surface area contributed by atoms with Crippen molar-refractivity contribution in [3.05, 3.63) is 0 Å². The minimum atomic E-state index is -0.335. The molecule has 0 aliphatic heterocycles. The third-order valence-corrected chi connectivity index (χ3v) is 3.37. The number of unbranched alkanes of at least 4 members (excludes halogenated alkanes) is 2. The maximum absolute atomic E-state index is 9.21. The molecule has 3 nitrogen and oxygen atoms in total. The number of nitrogens with zero attached hydrogens (tertiary/aromatic N) is 2. The van der Waals surface area contributed by atoms with Gasteiger partial charge >= 0.3 is 0 Å². The van der Waals surface area contributed by atoms with E-state index in [1.54, 1.807) is 0 Å². The van der Waals surface area contributed by atoms with Gasteiger partial charge in [-0.1, -0.05) is 20.3 Å². The zero-order chi connectivity index (χ0) is 13.9. The van der Waals surface area contributed by atoms with Gasteiger partial charge in [-0.05, 0) is 65.7 Å². The highest BCUT2D eigenvalue weighted by atomic mass is 15.1. The number of nitrogens with one attached hydrogen (secondary N) is 1. The molecule has 0 heterocycles. The van der Waals surface area contributed by atoms with E-state index < -0.39 is 0 Å². The first-order valence-corrected chi connectivity index (χ1v) is 7.42. The number of rotatable bonds is 11. The van der Waals surface area contributed by atoms with Gasteiger partial charge < -0.3 is 4.90 Å². The molecular formula is C15H31N3. The van der Waals surface area contributed by atoms with Crippen LogP contribution in [0.25, 0.3) is 0 Å². The smallest absolute Gasteiger partial charge is 0.103 e. The molecule has 0 aromatic carbocycles. The fraction of sp³-hybridized carbons (Fsp3) is 0.933. The minimum absolute atomic E-state index is 0.335. The van der Waals surface area contributed by atoms with Crippen molar-refractivity contribution in [3.63, 3.8) is 0 Å². The molecule has 0 spiro atoms. The quantitative estimate of drug-likeness (QED) is 0.575. The van der Waals surface area contributed by atoms with Gasteiger partial charge in [-0.2, -0.15) is 5.26 Å². The first-order chi connectivity index (χ1) is 8.58. The van der Waals surface area contributed by atoms with Crippen molar-refractivity contribution in [3.8, 4) is 6.07 Å². The molecule has 3 heteroatoms. The maximum atomic E-state index is 9.21. The SMILES string of the molecule is CCCCN(C)CCCCC(C)(C#N)NCCC. The lowest BCUT2D eigenvalue weighted by atomic mass is 9.96. The van der Waals surface area contributed by atoms with E-state index >= 15 is 0 Å². The van der Waals surface area contributed by atoms with Gasteiger partial charge in [-0.3, -0.25) is 5.32 Å². The topological polar surface area (TPSA) is 39.1 Å². The molecule has 1 atom stereocenters. The lowest BCUT2D eigenvalue weighted by Crippen LogP contribution is -2.41. The molecule has 0 aliphatic carbocycles. The highest BCUT2D eigenvalue weighted by Crippen LogP contribution is 2.13. The van der Waals surface area contributed by atoms with Gasteiger partial charge in [0.25, 0.3) is 0 Å². The first kappa shape index (κ1) is 17.4.